The van der Waals surface area contributed by atoms with Crippen LogP contribution in [0.15, 0.2) is 52.3 Å². The quantitative estimate of drug-likeness (QED) is 0.862. The van der Waals surface area contributed by atoms with Crippen molar-refractivity contribution in [1.82, 2.24) is 5.32 Å². The van der Waals surface area contributed by atoms with E-state index >= 15 is 0 Å². The van der Waals surface area contributed by atoms with Gasteiger partial charge in [-0.3, -0.25) is 0 Å². The third-order valence-corrected chi connectivity index (χ3v) is 4.43. The summed E-state index contributed by atoms with van der Waals surface area (Å²) < 4.78 is 19.1. The summed E-state index contributed by atoms with van der Waals surface area (Å²) in [6, 6.07) is 13.6. The molecule has 0 amide bonds. The summed E-state index contributed by atoms with van der Waals surface area (Å²) in [5.74, 6) is 0.618. The fourth-order valence-electron chi connectivity index (χ4n) is 2.16. The fourth-order valence-corrected chi connectivity index (χ4v) is 3.20. The highest BCUT2D eigenvalue weighted by atomic mass is 32.2. The Labute approximate surface area is 128 Å². The van der Waals surface area contributed by atoms with Crippen molar-refractivity contribution in [2.45, 2.75) is 35.2 Å². The maximum absolute atomic E-state index is 13.8. The van der Waals surface area contributed by atoms with Crippen LogP contribution < -0.4 is 10.1 Å². The number of halogens is 1. The predicted octanol–water partition coefficient (Wildman–Crippen LogP) is 4.24. The van der Waals surface area contributed by atoms with Gasteiger partial charge in [0.25, 0.3) is 0 Å². The van der Waals surface area contributed by atoms with Gasteiger partial charge in [-0.1, -0.05) is 23.9 Å². The first-order valence-corrected chi connectivity index (χ1v) is 7.90. The number of ether oxygens (including phenoxy) is 1. The number of rotatable bonds is 6. The Morgan fingerprint density at radius 2 is 2.05 bits per heavy atom. The van der Waals surface area contributed by atoms with Crippen LogP contribution in [0.2, 0.25) is 0 Å². The molecule has 1 aliphatic rings. The lowest BCUT2D eigenvalue weighted by Gasteiger charge is -2.10. The van der Waals surface area contributed by atoms with Gasteiger partial charge in [-0.15, -0.1) is 0 Å². The molecule has 0 aliphatic heterocycles. The molecule has 4 heteroatoms. The van der Waals surface area contributed by atoms with Crippen LogP contribution in [0.4, 0.5) is 4.39 Å². The van der Waals surface area contributed by atoms with E-state index in [-0.39, 0.29) is 5.82 Å². The van der Waals surface area contributed by atoms with Gasteiger partial charge in [-0.05, 0) is 48.7 Å². The smallest absolute Gasteiger partial charge is 0.132 e. The first-order valence-electron chi connectivity index (χ1n) is 7.08. The van der Waals surface area contributed by atoms with E-state index in [9.17, 15) is 4.39 Å². The zero-order valence-electron chi connectivity index (χ0n) is 11.9. The summed E-state index contributed by atoms with van der Waals surface area (Å²) in [7, 11) is 1.65. The average molecular weight is 303 g/mol. The van der Waals surface area contributed by atoms with Gasteiger partial charge >= 0.3 is 0 Å². The van der Waals surface area contributed by atoms with Gasteiger partial charge in [-0.25, -0.2) is 4.39 Å². The lowest BCUT2D eigenvalue weighted by molar-refractivity contribution is 0.405. The van der Waals surface area contributed by atoms with E-state index < -0.39 is 0 Å². The Morgan fingerprint density at radius 3 is 2.81 bits per heavy atom. The number of nitrogens with one attached hydrogen (secondary N) is 1. The fraction of sp³-hybridized carbons (Fsp3) is 0.294. The van der Waals surface area contributed by atoms with Crippen LogP contribution in [0.3, 0.4) is 0 Å². The van der Waals surface area contributed by atoms with Crippen molar-refractivity contribution in [1.29, 1.82) is 0 Å². The van der Waals surface area contributed by atoms with Crippen molar-refractivity contribution in [2.75, 3.05) is 7.11 Å². The van der Waals surface area contributed by atoms with Crippen LogP contribution in [0, 0.1) is 5.82 Å². The second-order valence-corrected chi connectivity index (χ2v) is 6.32. The Balaban J connectivity index is 1.77. The second kappa shape index (κ2) is 6.50. The molecule has 0 unspecified atom stereocenters. The van der Waals surface area contributed by atoms with Crippen LogP contribution in [0.25, 0.3) is 0 Å². The Kier molecular flexibility index (Phi) is 4.46. The number of hydrogen-bond donors (Lipinski definition) is 1. The predicted molar refractivity (Wildman–Crippen MR) is 83.4 cm³/mol. The zero-order chi connectivity index (χ0) is 14.7. The minimum atomic E-state index is -0.192. The van der Waals surface area contributed by atoms with E-state index in [1.807, 2.05) is 30.3 Å². The van der Waals surface area contributed by atoms with Crippen LogP contribution in [0.5, 0.6) is 5.75 Å². The maximum atomic E-state index is 13.8. The van der Waals surface area contributed by atoms with Crippen molar-refractivity contribution in [3.8, 4) is 5.75 Å². The topological polar surface area (TPSA) is 21.3 Å². The van der Waals surface area contributed by atoms with Crippen molar-refractivity contribution >= 4 is 11.8 Å². The van der Waals surface area contributed by atoms with Gasteiger partial charge in [0.15, 0.2) is 0 Å². The van der Waals surface area contributed by atoms with E-state index in [0.717, 1.165) is 27.6 Å². The standard InChI is InChI=1S/C17H18FNOS/c1-20-16-4-2-3-5-17(16)21-15-9-12(8-13(18)10-15)11-19-14-6-7-14/h2-5,8-10,14,19H,6-7,11H2,1H3. The molecule has 1 aliphatic carbocycles. The minimum Gasteiger partial charge on any atom is -0.496 e. The third-order valence-electron chi connectivity index (χ3n) is 3.40. The molecule has 21 heavy (non-hydrogen) atoms. The molecule has 3 rings (SSSR count). The van der Waals surface area contributed by atoms with Gasteiger partial charge in [0.2, 0.25) is 0 Å². The molecule has 0 aromatic heterocycles. The summed E-state index contributed by atoms with van der Waals surface area (Å²) in [5, 5.41) is 3.41. The molecular weight excluding hydrogens is 285 g/mol. The van der Waals surface area contributed by atoms with E-state index in [1.54, 1.807) is 19.2 Å². The number of methoxy groups -OCH3 is 1. The van der Waals surface area contributed by atoms with E-state index in [0.29, 0.717) is 6.04 Å². The van der Waals surface area contributed by atoms with Gasteiger partial charge in [-0.2, -0.15) is 0 Å². The zero-order valence-corrected chi connectivity index (χ0v) is 12.8. The molecule has 0 spiro atoms. The maximum Gasteiger partial charge on any atom is 0.132 e. The largest absolute Gasteiger partial charge is 0.496 e. The third kappa shape index (κ3) is 3.99. The highest BCUT2D eigenvalue weighted by molar-refractivity contribution is 7.99. The van der Waals surface area contributed by atoms with E-state index in [1.165, 1.54) is 24.6 Å². The molecule has 1 saturated carbocycles. The minimum absolute atomic E-state index is 0.192. The van der Waals surface area contributed by atoms with Crippen LogP contribution >= 0.6 is 11.8 Å². The summed E-state index contributed by atoms with van der Waals surface area (Å²) in [5.41, 5.74) is 0.985. The molecule has 0 saturated heterocycles. The highest BCUT2D eigenvalue weighted by Crippen LogP contribution is 2.35. The molecule has 1 fully saturated rings. The van der Waals surface area contributed by atoms with Crippen molar-refractivity contribution in [3.05, 3.63) is 53.8 Å². The molecule has 0 radical (unpaired) electrons. The van der Waals surface area contributed by atoms with Gasteiger partial charge in [0.05, 0.1) is 12.0 Å². The van der Waals surface area contributed by atoms with Crippen LogP contribution in [-0.4, -0.2) is 13.2 Å². The van der Waals surface area contributed by atoms with Gasteiger partial charge in [0.1, 0.15) is 11.6 Å². The normalized spacial score (nSPS) is 14.2. The first kappa shape index (κ1) is 14.4. The summed E-state index contributed by atoms with van der Waals surface area (Å²) >= 11 is 1.52. The molecule has 2 nitrogen and oxygen atoms in total. The Bertz CT molecular complexity index is 628. The Morgan fingerprint density at radius 1 is 1.24 bits per heavy atom. The molecule has 2 aromatic rings. The summed E-state index contributed by atoms with van der Waals surface area (Å²) in [6.45, 7) is 0.724. The van der Waals surface area contributed by atoms with Crippen molar-refractivity contribution in [3.63, 3.8) is 0 Å². The Hall–Kier alpha value is -1.52. The summed E-state index contributed by atoms with van der Waals surface area (Å²) in [6.07, 6.45) is 2.47. The second-order valence-electron chi connectivity index (χ2n) is 5.20. The van der Waals surface area contributed by atoms with Crippen LogP contribution in [0.1, 0.15) is 18.4 Å². The lowest BCUT2D eigenvalue weighted by atomic mass is 10.2. The number of para-hydroxylation sites is 1. The number of hydrogen-bond acceptors (Lipinski definition) is 3. The molecule has 0 heterocycles. The first-order chi connectivity index (χ1) is 10.2. The van der Waals surface area contributed by atoms with E-state index in [2.05, 4.69) is 5.32 Å². The van der Waals surface area contributed by atoms with Gasteiger partial charge < -0.3 is 10.1 Å². The molecule has 1 N–H and O–H groups in total. The van der Waals surface area contributed by atoms with Crippen molar-refractivity contribution < 1.29 is 9.13 Å². The highest BCUT2D eigenvalue weighted by Gasteiger charge is 2.20. The average Bonchev–Trinajstić information content (AvgIpc) is 3.29. The van der Waals surface area contributed by atoms with Crippen LogP contribution in [-0.2, 0) is 6.54 Å². The molecule has 0 bridgehead atoms. The number of benzene rings is 2. The molecular formula is C17H18FNOS. The molecule has 0 atom stereocenters. The summed E-state index contributed by atoms with van der Waals surface area (Å²) in [4.78, 5) is 1.89. The SMILES string of the molecule is COc1ccccc1Sc1cc(F)cc(CNC2CC2)c1. The van der Waals surface area contributed by atoms with Crippen molar-refractivity contribution in [2.24, 2.45) is 0 Å². The monoisotopic (exact) mass is 303 g/mol. The van der Waals surface area contributed by atoms with Gasteiger partial charge in [0, 0.05) is 17.5 Å². The molecule has 110 valence electrons. The lowest BCUT2D eigenvalue weighted by Crippen LogP contribution is -2.15. The van der Waals surface area contributed by atoms with E-state index in [4.69, 9.17) is 4.74 Å². The molecule has 2 aromatic carbocycles.